The lowest BCUT2D eigenvalue weighted by Crippen LogP contribution is -2.09. The van der Waals surface area contributed by atoms with E-state index in [2.05, 4.69) is 57.8 Å². The third kappa shape index (κ3) is 3.48. The maximum Gasteiger partial charge on any atom is 0.186 e. The van der Waals surface area contributed by atoms with Crippen molar-refractivity contribution in [2.45, 2.75) is 13.0 Å². The zero-order valence-electron chi connectivity index (χ0n) is 15.7. The number of rotatable bonds is 5. The molecule has 6 nitrogen and oxygen atoms in total. The first kappa shape index (κ1) is 17.5. The largest absolute Gasteiger partial charge is 0.362 e. The maximum absolute atomic E-state index is 4.70. The molecule has 1 N–H and O–H groups in total. The van der Waals surface area contributed by atoms with Gasteiger partial charge in [0.05, 0.1) is 0 Å². The predicted octanol–water partition coefficient (Wildman–Crippen LogP) is 5.09. The summed E-state index contributed by atoms with van der Waals surface area (Å²) in [5, 5.41) is 20.7. The number of nitrogens with zero attached hydrogens (tertiary/aromatic N) is 5. The average Bonchev–Trinajstić information content (AvgIpc) is 3.44. The number of hydrogen-bond donors (Lipinski definition) is 1. The van der Waals surface area contributed by atoms with Gasteiger partial charge in [-0.15, -0.1) is 15.3 Å². The zero-order chi connectivity index (χ0) is 19.6. The van der Waals surface area contributed by atoms with Crippen molar-refractivity contribution in [1.29, 1.82) is 0 Å². The van der Waals surface area contributed by atoms with Gasteiger partial charge in [-0.2, -0.15) is 15.9 Å². The molecule has 0 amide bonds. The van der Waals surface area contributed by atoms with Crippen LogP contribution >= 0.6 is 11.3 Å². The molecule has 1 aromatic carbocycles. The van der Waals surface area contributed by atoms with E-state index in [4.69, 9.17) is 5.10 Å². The van der Waals surface area contributed by atoms with Crippen molar-refractivity contribution in [2.24, 2.45) is 0 Å². The summed E-state index contributed by atoms with van der Waals surface area (Å²) in [6.07, 6.45) is 3.66. The van der Waals surface area contributed by atoms with Gasteiger partial charge in [-0.05, 0) is 53.3 Å². The topological polar surface area (TPSA) is 68.0 Å². The van der Waals surface area contributed by atoms with E-state index in [0.717, 1.165) is 34.0 Å². The molecule has 0 fully saturated rings. The lowest BCUT2D eigenvalue weighted by Gasteiger charge is -2.15. The van der Waals surface area contributed by atoms with Crippen LogP contribution < -0.4 is 5.32 Å². The second-order valence-corrected chi connectivity index (χ2v) is 7.53. The minimum absolute atomic E-state index is 0.101. The second kappa shape index (κ2) is 7.44. The fourth-order valence-electron chi connectivity index (χ4n) is 3.24. The van der Waals surface area contributed by atoms with Crippen LogP contribution in [0.15, 0.2) is 77.8 Å². The minimum atomic E-state index is 0.101. The first-order valence-electron chi connectivity index (χ1n) is 9.30. The zero-order valence-corrected chi connectivity index (χ0v) is 16.5. The molecule has 0 spiro atoms. The molecule has 4 heterocycles. The fraction of sp³-hybridized carbons (Fsp3) is 0.0909. The van der Waals surface area contributed by atoms with Crippen LogP contribution in [-0.2, 0) is 0 Å². The molecule has 0 aliphatic carbocycles. The van der Waals surface area contributed by atoms with Gasteiger partial charge >= 0.3 is 0 Å². The van der Waals surface area contributed by atoms with E-state index < -0.39 is 0 Å². The summed E-state index contributed by atoms with van der Waals surface area (Å²) in [5.74, 6) is 1.52. The molecule has 1 unspecified atom stereocenters. The Hall–Kier alpha value is -3.58. The quantitative estimate of drug-likeness (QED) is 0.447. The summed E-state index contributed by atoms with van der Waals surface area (Å²) in [7, 11) is 0. The van der Waals surface area contributed by atoms with Crippen LogP contribution in [0.2, 0.25) is 0 Å². The van der Waals surface area contributed by atoms with Crippen molar-refractivity contribution in [2.75, 3.05) is 5.32 Å². The van der Waals surface area contributed by atoms with E-state index in [0.29, 0.717) is 0 Å². The smallest absolute Gasteiger partial charge is 0.186 e. The molecule has 4 aromatic heterocycles. The van der Waals surface area contributed by atoms with Gasteiger partial charge in [0.2, 0.25) is 0 Å². The molecule has 0 bridgehead atoms. The molecule has 0 aliphatic rings. The van der Waals surface area contributed by atoms with Crippen LogP contribution in [0, 0.1) is 0 Å². The molecule has 0 saturated heterocycles. The van der Waals surface area contributed by atoms with Crippen LogP contribution in [0.4, 0.5) is 5.82 Å². The van der Waals surface area contributed by atoms with Gasteiger partial charge in [0.25, 0.3) is 0 Å². The van der Waals surface area contributed by atoms with Crippen molar-refractivity contribution in [3.8, 4) is 22.5 Å². The van der Waals surface area contributed by atoms with Gasteiger partial charge < -0.3 is 5.32 Å². The third-order valence-electron chi connectivity index (χ3n) is 4.81. The number of thiophene rings is 1. The Morgan fingerprint density at radius 1 is 0.931 bits per heavy atom. The van der Waals surface area contributed by atoms with Crippen molar-refractivity contribution >= 4 is 22.8 Å². The van der Waals surface area contributed by atoms with Gasteiger partial charge in [-0.1, -0.05) is 30.3 Å². The number of benzene rings is 1. The lowest BCUT2D eigenvalue weighted by molar-refractivity contribution is 0.847. The van der Waals surface area contributed by atoms with Crippen LogP contribution in [0.1, 0.15) is 18.5 Å². The van der Waals surface area contributed by atoms with Crippen molar-refractivity contribution in [3.05, 3.63) is 83.3 Å². The Balaban J connectivity index is 1.38. The summed E-state index contributed by atoms with van der Waals surface area (Å²) in [6, 6.07) is 18.5. The molecule has 1 atom stereocenters. The molecule has 5 aromatic rings. The molecule has 0 radical (unpaired) electrons. The summed E-state index contributed by atoms with van der Waals surface area (Å²) >= 11 is 1.63. The van der Waals surface area contributed by atoms with Crippen LogP contribution in [0.3, 0.4) is 0 Å². The number of anilines is 1. The number of pyridine rings is 1. The fourth-order valence-corrected chi connectivity index (χ4v) is 3.87. The van der Waals surface area contributed by atoms with Crippen LogP contribution in [0.5, 0.6) is 0 Å². The highest BCUT2D eigenvalue weighted by atomic mass is 32.1. The Kier molecular flexibility index (Phi) is 4.50. The Labute approximate surface area is 171 Å². The molecule has 5 rings (SSSR count). The Bertz CT molecular complexity index is 1230. The van der Waals surface area contributed by atoms with Gasteiger partial charge in [0.15, 0.2) is 11.5 Å². The van der Waals surface area contributed by atoms with Crippen molar-refractivity contribution < 1.29 is 0 Å². The number of aromatic nitrogens is 5. The summed E-state index contributed by atoms with van der Waals surface area (Å²) in [5.41, 5.74) is 5.19. The van der Waals surface area contributed by atoms with E-state index >= 15 is 0 Å². The van der Waals surface area contributed by atoms with Gasteiger partial charge in [0, 0.05) is 29.4 Å². The summed E-state index contributed by atoms with van der Waals surface area (Å²) < 4.78 is 1.78. The van der Waals surface area contributed by atoms with E-state index in [-0.39, 0.29) is 6.04 Å². The summed E-state index contributed by atoms with van der Waals surface area (Å²) in [6.45, 7) is 2.12. The second-order valence-electron chi connectivity index (χ2n) is 6.75. The molecule has 29 heavy (non-hydrogen) atoms. The van der Waals surface area contributed by atoms with E-state index in [9.17, 15) is 0 Å². The highest BCUT2D eigenvalue weighted by Gasteiger charge is 2.12. The average molecular weight is 398 g/mol. The van der Waals surface area contributed by atoms with Crippen LogP contribution in [-0.4, -0.2) is 24.8 Å². The molecule has 0 saturated carbocycles. The molecular formula is C22H18N6S. The highest BCUT2D eigenvalue weighted by molar-refractivity contribution is 7.08. The number of fused-ring (bicyclic) bond motifs is 1. The van der Waals surface area contributed by atoms with Gasteiger partial charge in [-0.3, -0.25) is 4.98 Å². The summed E-state index contributed by atoms with van der Waals surface area (Å²) in [4.78, 5) is 4.19. The number of hydrogen-bond acceptors (Lipinski definition) is 6. The standard InChI is InChI=1S/C22H18N6S/c1-15(16-4-6-17(7-5-16)18-3-2-11-23-13-18)24-20-8-9-21-25-26-22(28(21)27-20)19-10-12-29-14-19/h2-15H,1H3,(H,24,27). The molecule has 0 aliphatic heterocycles. The van der Waals surface area contributed by atoms with Gasteiger partial charge in [0.1, 0.15) is 5.82 Å². The molecule has 7 heteroatoms. The lowest BCUT2D eigenvalue weighted by atomic mass is 10.0. The molecule has 142 valence electrons. The van der Waals surface area contributed by atoms with Crippen LogP contribution in [0.25, 0.3) is 28.2 Å². The van der Waals surface area contributed by atoms with Gasteiger partial charge in [-0.25, -0.2) is 0 Å². The predicted molar refractivity (Wildman–Crippen MR) is 116 cm³/mol. The molecular weight excluding hydrogens is 380 g/mol. The SMILES string of the molecule is CC(Nc1ccc2nnc(-c3ccsc3)n2n1)c1ccc(-c2cccnc2)cc1. The van der Waals surface area contributed by atoms with E-state index in [1.54, 1.807) is 22.0 Å². The normalized spacial score (nSPS) is 12.2. The number of nitrogens with one attached hydrogen (secondary N) is 1. The van der Waals surface area contributed by atoms with Crippen molar-refractivity contribution in [3.63, 3.8) is 0 Å². The third-order valence-corrected chi connectivity index (χ3v) is 5.50. The van der Waals surface area contributed by atoms with E-state index in [1.165, 1.54) is 5.56 Å². The Morgan fingerprint density at radius 3 is 2.59 bits per heavy atom. The Morgan fingerprint density at radius 2 is 1.83 bits per heavy atom. The maximum atomic E-state index is 4.70. The van der Waals surface area contributed by atoms with Crippen molar-refractivity contribution in [1.82, 2.24) is 24.8 Å². The minimum Gasteiger partial charge on any atom is -0.362 e. The van der Waals surface area contributed by atoms with E-state index in [1.807, 2.05) is 41.2 Å². The monoisotopic (exact) mass is 398 g/mol. The first-order valence-corrected chi connectivity index (χ1v) is 10.2. The highest BCUT2D eigenvalue weighted by Crippen LogP contribution is 2.24. The first-order chi connectivity index (χ1) is 14.3.